The van der Waals surface area contributed by atoms with Crippen molar-refractivity contribution < 1.29 is 4.42 Å². The molecule has 2 rings (SSSR count). The molecular weight excluding hydrogens is 224 g/mol. The van der Waals surface area contributed by atoms with E-state index in [-0.39, 0.29) is 12.1 Å². The van der Waals surface area contributed by atoms with Crippen molar-refractivity contribution in [2.24, 2.45) is 5.73 Å². The van der Waals surface area contributed by atoms with E-state index in [4.69, 9.17) is 10.2 Å². The number of likely N-dealkylation sites (N-methyl/N-ethyl adjacent to an activating group) is 1. The topological polar surface area (TPSA) is 42.4 Å². The molecule has 102 valence electrons. The van der Waals surface area contributed by atoms with Crippen LogP contribution < -0.4 is 5.73 Å². The van der Waals surface area contributed by atoms with Crippen molar-refractivity contribution in [3.05, 3.63) is 24.2 Å². The lowest BCUT2D eigenvalue weighted by Crippen LogP contribution is -2.44. The molecule has 1 aromatic heterocycles. The summed E-state index contributed by atoms with van der Waals surface area (Å²) in [6.45, 7) is 2.15. The normalized spacial score (nSPS) is 21.1. The van der Waals surface area contributed by atoms with E-state index in [1.807, 2.05) is 6.07 Å². The second-order valence-electron chi connectivity index (χ2n) is 5.49. The lowest BCUT2D eigenvalue weighted by Gasteiger charge is -2.38. The van der Waals surface area contributed by atoms with E-state index < -0.39 is 0 Å². The minimum Gasteiger partial charge on any atom is -0.468 e. The van der Waals surface area contributed by atoms with Gasteiger partial charge in [0.1, 0.15) is 5.76 Å². The van der Waals surface area contributed by atoms with Crippen LogP contribution in [0.2, 0.25) is 0 Å². The van der Waals surface area contributed by atoms with Crippen LogP contribution >= 0.6 is 0 Å². The molecule has 0 saturated heterocycles. The van der Waals surface area contributed by atoms with Crippen LogP contribution in [-0.2, 0) is 0 Å². The molecule has 1 saturated carbocycles. The molecule has 2 unspecified atom stereocenters. The Morgan fingerprint density at radius 2 is 2.11 bits per heavy atom. The van der Waals surface area contributed by atoms with Crippen LogP contribution in [0.4, 0.5) is 0 Å². The van der Waals surface area contributed by atoms with Crippen LogP contribution in [0.3, 0.4) is 0 Å². The quantitative estimate of drug-likeness (QED) is 0.871. The molecule has 1 aromatic rings. The smallest absolute Gasteiger partial charge is 0.122 e. The molecule has 1 aliphatic carbocycles. The highest BCUT2D eigenvalue weighted by Crippen LogP contribution is 2.31. The summed E-state index contributed by atoms with van der Waals surface area (Å²) in [6.07, 6.45) is 9.40. The predicted molar refractivity (Wildman–Crippen MR) is 74.4 cm³/mol. The highest BCUT2D eigenvalue weighted by atomic mass is 16.3. The highest BCUT2D eigenvalue weighted by molar-refractivity contribution is 5.08. The van der Waals surface area contributed by atoms with E-state index in [1.165, 1.54) is 32.1 Å². The summed E-state index contributed by atoms with van der Waals surface area (Å²) >= 11 is 0. The fourth-order valence-electron chi connectivity index (χ4n) is 3.11. The molecule has 0 amide bonds. The molecule has 1 fully saturated rings. The molecule has 0 spiro atoms. The third-order valence-corrected chi connectivity index (χ3v) is 4.30. The predicted octanol–water partition coefficient (Wildman–Crippen LogP) is 3.32. The van der Waals surface area contributed by atoms with Gasteiger partial charge < -0.3 is 10.2 Å². The van der Waals surface area contributed by atoms with Gasteiger partial charge >= 0.3 is 0 Å². The van der Waals surface area contributed by atoms with Crippen molar-refractivity contribution in [3.63, 3.8) is 0 Å². The van der Waals surface area contributed by atoms with E-state index in [0.29, 0.717) is 6.04 Å². The molecule has 3 nitrogen and oxygen atoms in total. The maximum Gasteiger partial charge on any atom is 0.122 e. The number of hydrogen-bond donors (Lipinski definition) is 1. The monoisotopic (exact) mass is 250 g/mol. The van der Waals surface area contributed by atoms with Crippen LogP contribution in [0, 0.1) is 0 Å². The third kappa shape index (κ3) is 2.96. The third-order valence-electron chi connectivity index (χ3n) is 4.30. The van der Waals surface area contributed by atoms with Crippen LogP contribution in [0.1, 0.15) is 57.3 Å². The lowest BCUT2D eigenvalue weighted by molar-refractivity contribution is 0.104. The van der Waals surface area contributed by atoms with Gasteiger partial charge in [0.15, 0.2) is 0 Å². The van der Waals surface area contributed by atoms with Crippen molar-refractivity contribution in [1.29, 1.82) is 0 Å². The number of rotatable bonds is 5. The van der Waals surface area contributed by atoms with E-state index in [2.05, 4.69) is 24.9 Å². The first-order chi connectivity index (χ1) is 8.74. The molecule has 2 atom stereocenters. The lowest BCUT2D eigenvalue weighted by atomic mass is 9.91. The van der Waals surface area contributed by atoms with Gasteiger partial charge in [0.25, 0.3) is 0 Å². The summed E-state index contributed by atoms with van der Waals surface area (Å²) in [6, 6.07) is 5.03. The zero-order valence-electron chi connectivity index (χ0n) is 11.6. The summed E-state index contributed by atoms with van der Waals surface area (Å²) in [4.78, 5) is 2.45. The number of hydrogen-bond acceptors (Lipinski definition) is 3. The van der Waals surface area contributed by atoms with Gasteiger partial charge in [0.2, 0.25) is 0 Å². The number of furan rings is 1. The molecule has 2 N–H and O–H groups in total. The average Bonchev–Trinajstić information content (AvgIpc) is 2.93. The molecule has 1 heterocycles. The second-order valence-corrected chi connectivity index (χ2v) is 5.49. The Morgan fingerprint density at radius 3 is 2.67 bits per heavy atom. The minimum absolute atomic E-state index is 0.142. The largest absolute Gasteiger partial charge is 0.468 e. The zero-order chi connectivity index (χ0) is 13.0. The van der Waals surface area contributed by atoms with Crippen molar-refractivity contribution in [3.8, 4) is 0 Å². The summed E-state index contributed by atoms with van der Waals surface area (Å²) < 4.78 is 5.61. The first-order valence-electron chi connectivity index (χ1n) is 7.25. The Labute approximate surface area is 110 Å². The Morgan fingerprint density at radius 1 is 1.39 bits per heavy atom. The van der Waals surface area contributed by atoms with E-state index >= 15 is 0 Å². The van der Waals surface area contributed by atoms with Crippen molar-refractivity contribution in [1.82, 2.24) is 4.90 Å². The molecule has 0 bridgehead atoms. The SMILES string of the molecule is CCC(N)C(c1ccco1)N(C)C1CCCCC1. The highest BCUT2D eigenvalue weighted by Gasteiger charge is 2.30. The number of nitrogens with zero attached hydrogens (tertiary/aromatic N) is 1. The van der Waals surface area contributed by atoms with Gasteiger partial charge in [0, 0.05) is 12.1 Å². The van der Waals surface area contributed by atoms with Gasteiger partial charge in [-0.1, -0.05) is 26.2 Å². The molecule has 0 radical (unpaired) electrons. The van der Waals surface area contributed by atoms with Gasteiger partial charge in [0.05, 0.1) is 12.3 Å². The Kier molecular flexibility index (Phi) is 4.84. The standard InChI is InChI=1S/C15H26N2O/c1-3-13(16)15(14-10-7-11-18-14)17(2)12-8-5-4-6-9-12/h7,10-13,15H,3-6,8-9,16H2,1-2H3. The van der Waals surface area contributed by atoms with Gasteiger partial charge in [-0.05, 0) is 38.4 Å². The summed E-state index contributed by atoms with van der Waals surface area (Å²) in [5.41, 5.74) is 6.31. The molecule has 18 heavy (non-hydrogen) atoms. The molecule has 3 heteroatoms. The number of nitrogens with two attached hydrogens (primary N) is 1. The fourth-order valence-corrected chi connectivity index (χ4v) is 3.11. The van der Waals surface area contributed by atoms with E-state index in [0.717, 1.165) is 12.2 Å². The van der Waals surface area contributed by atoms with Crippen LogP contribution in [-0.4, -0.2) is 24.0 Å². The van der Waals surface area contributed by atoms with Crippen molar-refractivity contribution in [2.75, 3.05) is 7.05 Å². The van der Waals surface area contributed by atoms with Gasteiger partial charge in [-0.2, -0.15) is 0 Å². The Balaban J connectivity index is 2.12. The van der Waals surface area contributed by atoms with Crippen LogP contribution in [0.25, 0.3) is 0 Å². The molecule has 0 aliphatic heterocycles. The summed E-state index contributed by atoms with van der Waals surface area (Å²) in [7, 11) is 2.21. The first kappa shape index (κ1) is 13.6. The van der Waals surface area contributed by atoms with Crippen molar-refractivity contribution >= 4 is 0 Å². The summed E-state index contributed by atoms with van der Waals surface area (Å²) in [5, 5.41) is 0. The molecule has 1 aliphatic rings. The van der Waals surface area contributed by atoms with Crippen LogP contribution in [0.15, 0.2) is 22.8 Å². The van der Waals surface area contributed by atoms with Crippen molar-refractivity contribution in [2.45, 2.75) is 63.6 Å². The Hall–Kier alpha value is -0.800. The van der Waals surface area contributed by atoms with Crippen LogP contribution in [0.5, 0.6) is 0 Å². The summed E-state index contributed by atoms with van der Waals surface area (Å²) in [5.74, 6) is 1.01. The Bertz CT molecular complexity index is 330. The maximum atomic E-state index is 6.31. The van der Waals surface area contributed by atoms with Gasteiger partial charge in [-0.25, -0.2) is 0 Å². The zero-order valence-corrected chi connectivity index (χ0v) is 11.6. The molecular formula is C15H26N2O. The fraction of sp³-hybridized carbons (Fsp3) is 0.733. The maximum absolute atomic E-state index is 6.31. The first-order valence-corrected chi connectivity index (χ1v) is 7.25. The minimum atomic E-state index is 0.142. The van der Waals surface area contributed by atoms with E-state index in [9.17, 15) is 0 Å². The average molecular weight is 250 g/mol. The van der Waals surface area contributed by atoms with Gasteiger partial charge in [-0.3, -0.25) is 4.90 Å². The van der Waals surface area contributed by atoms with Gasteiger partial charge in [-0.15, -0.1) is 0 Å². The second kappa shape index (κ2) is 6.39. The molecule has 0 aromatic carbocycles. The van der Waals surface area contributed by atoms with E-state index in [1.54, 1.807) is 6.26 Å².